The molecule has 0 saturated carbocycles. The van der Waals surface area contributed by atoms with Gasteiger partial charge in [0.15, 0.2) is 0 Å². The summed E-state index contributed by atoms with van der Waals surface area (Å²) in [7, 11) is 1.70. The molecule has 152 valence electrons. The second-order valence-corrected chi connectivity index (χ2v) is 9.27. The monoisotopic (exact) mass is 417 g/mol. The molecule has 0 radical (unpaired) electrons. The number of anilines is 1. The van der Waals surface area contributed by atoms with Gasteiger partial charge < -0.3 is 4.74 Å². The summed E-state index contributed by atoms with van der Waals surface area (Å²) in [4.78, 5) is 25.3. The van der Waals surface area contributed by atoms with Crippen LogP contribution in [0, 0.1) is 0 Å². The van der Waals surface area contributed by atoms with Crippen molar-refractivity contribution in [1.29, 1.82) is 0 Å². The van der Waals surface area contributed by atoms with Crippen LogP contribution in [0.15, 0.2) is 66.9 Å². The van der Waals surface area contributed by atoms with E-state index in [0.717, 1.165) is 33.2 Å². The van der Waals surface area contributed by atoms with Crippen LogP contribution in [-0.4, -0.2) is 17.5 Å². The minimum atomic E-state index is -0.311. The zero-order valence-electron chi connectivity index (χ0n) is 17.5. The summed E-state index contributed by atoms with van der Waals surface area (Å²) in [6.45, 7) is 10.3. The molecule has 1 aliphatic rings. The number of carbonyl (C=O) groups is 2. The Labute approximate surface area is 180 Å². The molecule has 1 heterocycles. The van der Waals surface area contributed by atoms with Gasteiger partial charge in [-0.25, -0.2) is 0 Å². The number of methoxy groups -OCH3 is 1. The van der Waals surface area contributed by atoms with Crippen LogP contribution in [0.2, 0.25) is 0 Å². The fourth-order valence-corrected chi connectivity index (χ4v) is 4.35. The molecule has 1 saturated heterocycles. The van der Waals surface area contributed by atoms with E-state index in [0.29, 0.717) is 17.4 Å². The highest BCUT2D eigenvalue weighted by Crippen LogP contribution is 2.37. The van der Waals surface area contributed by atoms with E-state index in [2.05, 4.69) is 51.6 Å². The van der Waals surface area contributed by atoms with E-state index in [4.69, 9.17) is 4.74 Å². The van der Waals surface area contributed by atoms with Gasteiger partial charge in [-0.2, -0.15) is 0 Å². The van der Waals surface area contributed by atoms with E-state index in [1.807, 2.05) is 30.3 Å². The Morgan fingerprint density at radius 2 is 1.53 bits per heavy atom. The van der Waals surface area contributed by atoms with E-state index >= 15 is 0 Å². The van der Waals surface area contributed by atoms with Crippen molar-refractivity contribution in [2.24, 2.45) is 0 Å². The maximum absolute atomic E-state index is 12.1. The second-order valence-electron chi connectivity index (χ2n) is 8.35. The van der Waals surface area contributed by atoms with Crippen molar-refractivity contribution in [3.63, 3.8) is 0 Å². The van der Waals surface area contributed by atoms with E-state index < -0.39 is 0 Å². The van der Waals surface area contributed by atoms with E-state index in [1.54, 1.807) is 7.11 Å². The highest BCUT2D eigenvalue weighted by Gasteiger charge is 2.34. The van der Waals surface area contributed by atoms with Crippen LogP contribution in [0.25, 0.3) is 21.9 Å². The molecule has 5 heteroatoms. The normalized spacial score (nSPS) is 14.7. The molecule has 4 nitrogen and oxygen atoms in total. The summed E-state index contributed by atoms with van der Waals surface area (Å²) in [5.74, 6) is 0.889. The Morgan fingerprint density at radius 3 is 2.17 bits per heavy atom. The quantitative estimate of drug-likeness (QED) is 0.455. The molecule has 0 aliphatic carbocycles. The van der Waals surface area contributed by atoms with Gasteiger partial charge in [-0.05, 0) is 57.6 Å². The Bertz CT molecular complexity index is 1210. The van der Waals surface area contributed by atoms with Gasteiger partial charge in [0.05, 0.1) is 18.5 Å². The molecule has 1 fully saturated rings. The van der Waals surface area contributed by atoms with E-state index in [9.17, 15) is 9.59 Å². The lowest BCUT2D eigenvalue weighted by Gasteiger charge is -2.23. The minimum Gasteiger partial charge on any atom is -0.496 e. The van der Waals surface area contributed by atoms with Crippen LogP contribution < -0.4 is 9.64 Å². The number of benzene rings is 3. The fourth-order valence-electron chi connectivity index (χ4n) is 3.67. The molecular formula is C25H23NO3S. The molecular weight excluding hydrogens is 394 g/mol. The maximum atomic E-state index is 12.1. The highest BCUT2D eigenvalue weighted by atomic mass is 32.2. The number of carbonyl (C=O) groups excluding carboxylic acids is 2. The third-order valence-electron chi connectivity index (χ3n) is 5.29. The first-order valence-corrected chi connectivity index (χ1v) is 10.5. The zero-order chi connectivity index (χ0) is 21.6. The molecule has 0 unspecified atom stereocenters. The predicted molar refractivity (Wildman–Crippen MR) is 124 cm³/mol. The number of nitrogens with zero attached hydrogens (tertiary/aromatic N) is 1. The number of hydrogen-bond donors (Lipinski definition) is 0. The largest absolute Gasteiger partial charge is 0.496 e. The topological polar surface area (TPSA) is 46.6 Å². The molecule has 3 aromatic carbocycles. The molecule has 3 aromatic rings. The van der Waals surface area contributed by atoms with Crippen molar-refractivity contribution in [2.75, 3.05) is 12.0 Å². The number of amides is 1. The third-order valence-corrected chi connectivity index (χ3v) is 6.07. The Balaban J connectivity index is 1.74. The number of hydrogen-bond acceptors (Lipinski definition) is 4. The average Bonchev–Trinajstić information content (AvgIpc) is 2.97. The van der Waals surface area contributed by atoms with Crippen LogP contribution in [0.5, 0.6) is 5.75 Å². The summed E-state index contributed by atoms with van der Waals surface area (Å²) in [5.41, 5.74) is 4.21. The van der Waals surface area contributed by atoms with Crippen LogP contribution in [0.4, 0.5) is 10.5 Å². The van der Waals surface area contributed by atoms with Gasteiger partial charge in [0.1, 0.15) is 5.75 Å². The van der Waals surface area contributed by atoms with Crippen LogP contribution in [0.1, 0.15) is 26.3 Å². The zero-order valence-corrected chi connectivity index (χ0v) is 18.3. The lowest BCUT2D eigenvalue weighted by atomic mass is 9.84. The number of ether oxygens (including phenoxy) is 1. The standard InChI is InChI=1S/C25H23NO3S/c1-15-23(27)30-24(28)26(15)20-10-8-17-12-16(6-7-18(17)13-20)19-9-11-22(29-5)21(14-19)25(2,3)4/h6-14H,1H2,2-5H3. The second kappa shape index (κ2) is 7.33. The molecule has 1 amide bonds. The van der Waals surface area contributed by atoms with Crippen molar-refractivity contribution in [3.05, 3.63) is 72.4 Å². The number of fused-ring (bicyclic) bond motifs is 1. The van der Waals surface area contributed by atoms with Gasteiger partial charge in [0.25, 0.3) is 5.24 Å². The van der Waals surface area contributed by atoms with Crippen LogP contribution in [0.3, 0.4) is 0 Å². The Hall–Kier alpha value is -3.05. The van der Waals surface area contributed by atoms with Crippen molar-refractivity contribution >= 4 is 38.6 Å². The lowest BCUT2D eigenvalue weighted by Crippen LogP contribution is -2.20. The van der Waals surface area contributed by atoms with E-state index in [-0.39, 0.29) is 21.5 Å². The highest BCUT2D eigenvalue weighted by molar-refractivity contribution is 8.27. The fraction of sp³-hybridized carbons (Fsp3) is 0.200. The summed E-state index contributed by atoms with van der Waals surface area (Å²) >= 11 is 0.681. The summed E-state index contributed by atoms with van der Waals surface area (Å²) in [5, 5.41) is 1.44. The van der Waals surface area contributed by atoms with Crippen molar-refractivity contribution < 1.29 is 14.3 Å². The van der Waals surface area contributed by atoms with Crippen molar-refractivity contribution in [1.82, 2.24) is 0 Å². The molecule has 30 heavy (non-hydrogen) atoms. The number of rotatable bonds is 3. The van der Waals surface area contributed by atoms with Crippen molar-refractivity contribution in [2.45, 2.75) is 26.2 Å². The average molecular weight is 418 g/mol. The minimum absolute atomic E-state index is 0.0345. The Kier molecular flexibility index (Phi) is 4.94. The first kappa shape index (κ1) is 20.2. The van der Waals surface area contributed by atoms with Crippen molar-refractivity contribution in [3.8, 4) is 16.9 Å². The summed E-state index contributed by atoms with van der Waals surface area (Å²) in [6.07, 6.45) is 0. The van der Waals surface area contributed by atoms with Gasteiger partial charge >= 0.3 is 0 Å². The molecule has 0 bridgehead atoms. The smallest absolute Gasteiger partial charge is 0.298 e. The SMILES string of the molecule is C=C1C(=O)SC(=O)N1c1ccc2cc(-c3ccc(OC)c(C(C)(C)C)c3)ccc2c1. The van der Waals surface area contributed by atoms with Gasteiger partial charge in [0.2, 0.25) is 5.12 Å². The first-order valence-electron chi connectivity index (χ1n) is 9.67. The lowest BCUT2D eigenvalue weighted by molar-refractivity contribution is -0.107. The van der Waals surface area contributed by atoms with Gasteiger partial charge in [-0.3, -0.25) is 14.5 Å². The molecule has 0 atom stereocenters. The molecule has 1 aliphatic heterocycles. The molecule has 0 aromatic heterocycles. The summed E-state index contributed by atoms with van der Waals surface area (Å²) < 4.78 is 5.55. The number of thioether (sulfide) groups is 1. The molecule has 4 rings (SSSR count). The Morgan fingerprint density at radius 1 is 0.900 bits per heavy atom. The molecule has 0 N–H and O–H groups in total. The first-order chi connectivity index (χ1) is 14.2. The van der Waals surface area contributed by atoms with Gasteiger partial charge in [0, 0.05) is 17.3 Å². The van der Waals surface area contributed by atoms with Gasteiger partial charge in [-0.15, -0.1) is 0 Å². The van der Waals surface area contributed by atoms with Crippen LogP contribution in [-0.2, 0) is 10.2 Å². The maximum Gasteiger partial charge on any atom is 0.298 e. The third kappa shape index (κ3) is 3.50. The summed E-state index contributed by atoms with van der Waals surface area (Å²) in [6, 6.07) is 18.2. The molecule has 0 spiro atoms. The predicted octanol–water partition coefficient (Wildman–Crippen LogP) is 6.53. The van der Waals surface area contributed by atoms with E-state index in [1.165, 1.54) is 4.90 Å². The van der Waals surface area contributed by atoms with Gasteiger partial charge in [-0.1, -0.05) is 51.6 Å². The van der Waals surface area contributed by atoms with Crippen LogP contribution >= 0.6 is 11.8 Å².